The van der Waals surface area contributed by atoms with Gasteiger partial charge in [0, 0.05) is 30.4 Å². The Morgan fingerprint density at radius 2 is 2.12 bits per heavy atom. The van der Waals surface area contributed by atoms with Gasteiger partial charge in [-0.2, -0.15) is 0 Å². The number of aliphatic hydroxyl groups is 1. The fraction of sp³-hybridized carbons (Fsp3) is 0.357. The smallest absolute Gasteiger partial charge is 0.0921 e. The first-order chi connectivity index (χ1) is 8.18. The van der Waals surface area contributed by atoms with Crippen LogP contribution in [0.1, 0.15) is 25.5 Å². The Morgan fingerprint density at radius 3 is 2.88 bits per heavy atom. The second-order valence-corrected chi connectivity index (χ2v) is 4.52. The van der Waals surface area contributed by atoms with Crippen molar-refractivity contribution >= 4 is 10.8 Å². The molecule has 2 N–H and O–H groups in total. The summed E-state index contributed by atoms with van der Waals surface area (Å²) in [6, 6.07) is 8.29. The molecule has 3 nitrogen and oxygen atoms in total. The van der Waals surface area contributed by atoms with Gasteiger partial charge in [0.05, 0.1) is 6.10 Å². The molecule has 0 aliphatic carbocycles. The maximum absolute atomic E-state index is 10.2. The molecule has 0 amide bonds. The number of hydrogen-bond donors (Lipinski definition) is 2. The summed E-state index contributed by atoms with van der Waals surface area (Å²) in [4.78, 5) is 4.12. The zero-order valence-corrected chi connectivity index (χ0v) is 10.2. The summed E-state index contributed by atoms with van der Waals surface area (Å²) in [5.74, 6) is 0. The molecule has 2 rings (SSSR count). The van der Waals surface area contributed by atoms with Crippen molar-refractivity contribution in [3.05, 3.63) is 42.2 Å². The number of nitrogens with one attached hydrogen (secondary N) is 1. The minimum absolute atomic E-state index is 0.373. The SMILES string of the molecule is CC(C)NCC(O)c1cccc2ccncc12. The van der Waals surface area contributed by atoms with Crippen LogP contribution in [0.3, 0.4) is 0 Å². The van der Waals surface area contributed by atoms with Gasteiger partial charge < -0.3 is 10.4 Å². The minimum Gasteiger partial charge on any atom is -0.387 e. The highest BCUT2D eigenvalue weighted by Gasteiger charge is 2.11. The summed E-state index contributed by atoms with van der Waals surface area (Å²) in [6.45, 7) is 4.69. The highest BCUT2D eigenvalue weighted by atomic mass is 16.3. The van der Waals surface area contributed by atoms with Crippen LogP contribution in [0.15, 0.2) is 36.7 Å². The normalized spacial score (nSPS) is 13.2. The van der Waals surface area contributed by atoms with E-state index in [1.165, 1.54) is 0 Å². The van der Waals surface area contributed by atoms with E-state index in [0.717, 1.165) is 16.3 Å². The van der Waals surface area contributed by atoms with Crippen molar-refractivity contribution in [2.45, 2.75) is 26.0 Å². The molecule has 90 valence electrons. The van der Waals surface area contributed by atoms with E-state index in [0.29, 0.717) is 12.6 Å². The second-order valence-electron chi connectivity index (χ2n) is 4.52. The van der Waals surface area contributed by atoms with E-state index in [2.05, 4.69) is 24.1 Å². The van der Waals surface area contributed by atoms with Crippen LogP contribution in [-0.4, -0.2) is 22.7 Å². The highest BCUT2D eigenvalue weighted by molar-refractivity contribution is 5.85. The summed E-state index contributed by atoms with van der Waals surface area (Å²) >= 11 is 0. The van der Waals surface area contributed by atoms with Gasteiger partial charge in [0.1, 0.15) is 0 Å². The molecule has 0 saturated carbocycles. The number of aliphatic hydroxyl groups excluding tert-OH is 1. The fourth-order valence-corrected chi connectivity index (χ4v) is 1.88. The van der Waals surface area contributed by atoms with Crippen molar-refractivity contribution in [2.24, 2.45) is 0 Å². The zero-order chi connectivity index (χ0) is 12.3. The average molecular weight is 230 g/mol. The van der Waals surface area contributed by atoms with Crippen LogP contribution >= 0.6 is 0 Å². The van der Waals surface area contributed by atoms with E-state index in [1.54, 1.807) is 6.20 Å². The van der Waals surface area contributed by atoms with Gasteiger partial charge in [-0.1, -0.05) is 32.0 Å². The van der Waals surface area contributed by atoms with Gasteiger partial charge in [-0.15, -0.1) is 0 Å². The number of aromatic nitrogens is 1. The highest BCUT2D eigenvalue weighted by Crippen LogP contribution is 2.23. The van der Waals surface area contributed by atoms with Gasteiger partial charge in [-0.05, 0) is 17.0 Å². The lowest BCUT2D eigenvalue weighted by Crippen LogP contribution is -2.27. The van der Waals surface area contributed by atoms with Crippen LogP contribution in [0, 0.1) is 0 Å². The summed E-state index contributed by atoms with van der Waals surface area (Å²) in [5, 5.41) is 15.5. The summed E-state index contributed by atoms with van der Waals surface area (Å²) < 4.78 is 0. The Morgan fingerprint density at radius 1 is 1.29 bits per heavy atom. The fourth-order valence-electron chi connectivity index (χ4n) is 1.88. The van der Waals surface area contributed by atoms with E-state index < -0.39 is 6.10 Å². The van der Waals surface area contributed by atoms with Gasteiger partial charge in [-0.25, -0.2) is 0 Å². The first-order valence-corrected chi connectivity index (χ1v) is 5.92. The molecule has 0 spiro atoms. The number of hydrogen-bond acceptors (Lipinski definition) is 3. The zero-order valence-electron chi connectivity index (χ0n) is 10.2. The molecule has 0 aliphatic rings. The maximum atomic E-state index is 10.2. The standard InChI is InChI=1S/C14H18N2O/c1-10(2)16-9-14(17)12-5-3-4-11-6-7-15-8-13(11)12/h3-8,10,14,16-17H,9H2,1-2H3. The van der Waals surface area contributed by atoms with E-state index in [9.17, 15) is 5.11 Å². The number of rotatable bonds is 4. The third-order valence-corrected chi connectivity index (χ3v) is 2.80. The first-order valence-electron chi connectivity index (χ1n) is 5.92. The van der Waals surface area contributed by atoms with Gasteiger partial charge in [-0.3, -0.25) is 4.98 Å². The lowest BCUT2D eigenvalue weighted by molar-refractivity contribution is 0.173. The molecule has 1 heterocycles. The molecule has 0 aliphatic heterocycles. The number of fused-ring (bicyclic) bond motifs is 1. The van der Waals surface area contributed by atoms with Crippen LogP contribution in [0.25, 0.3) is 10.8 Å². The minimum atomic E-state index is -0.495. The topological polar surface area (TPSA) is 45.1 Å². The largest absolute Gasteiger partial charge is 0.387 e. The van der Waals surface area contributed by atoms with Gasteiger partial charge in [0.15, 0.2) is 0 Å². The van der Waals surface area contributed by atoms with Crippen LogP contribution in [0.5, 0.6) is 0 Å². The predicted molar refractivity (Wildman–Crippen MR) is 69.8 cm³/mol. The molecule has 1 aromatic carbocycles. The van der Waals surface area contributed by atoms with Gasteiger partial charge in [0.2, 0.25) is 0 Å². The summed E-state index contributed by atoms with van der Waals surface area (Å²) in [5.41, 5.74) is 0.934. The quantitative estimate of drug-likeness (QED) is 0.847. The summed E-state index contributed by atoms with van der Waals surface area (Å²) in [7, 11) is 0. The van der Waals surface area contributed by atoms with Crippen molar-refractivity contribution in [1.29, 1.82) is 0 Å². The number of nitrogens with zero attached hydrogens (tertiary/aromatic N) is 1. The predicted octanol–water partition coefficient (Wildman–Crippen LogP) is 2.27. The van der Waals surface area contributed by atoms with Crippen molar-refractivity contribution in [2.75, 3.05) is 6.54 Å². The lowest BCUT2D eigenvalue weighted by Gasteiger charge is -2.16. The Kier molecular flexibility index (Phi) is 3.71. The molecule has 1 unspecified atom stereocenters. The van der Waals surface area contributed by atoms with E-state index >= 15 is 0 Å². The molecule has 0 radical (unpaired) electrons. The molecule has 17 heavy (non-hydrogen) atoms. The second kappa shape index (κ2) is 5.25. The summed E-state index contributed by atoms with van der Waals surface area (Å²) in [6.07, 6.45) is 3.08. The molecule has 1 aromatic heterocycles. The number of pyridine rings is 1. The van der Waals surface area contributed by atoms with E-state index in [-0.39, 0.29) is 0 Å². The molecule has 0 saturated heterocycles. The monoisotopic (exact) mass is 230 g/mol. The Bertz CT molecular complexity index is 491. The molecule has 0 bridgehead atoms. The molecular formula is C14H18N2O. The Hall–Kier alpha value is -1.45. The van der Waals surface area contributed by atoms with Crippen molar-refractivity contribution < 1.29 is 5.11 Å². The third-order valence-electron chi connectivity index (χ3n) is 2.80. The van der Waals surface area contributed by atoms with Gasteiger partial charge in [0.25, 0.3) is 0 Å². The van der Waals surface area contributed by atoms with Crippen LogP contribution < -0.4 is 5.32 Å². The van der Waals surface area contributed by atoms with Gasteiger partial charge >= 0.3 is 0 Å². The average Bonchev–Trinajstić information content (AvgIpc) is 2.35. The molecule has 2 aromatic rings. The van der Waals surface area contributed by atoms with E-state index in [4.69, 9.17) is 0 Å². The van der Waals surface area contributed by atoms with Crippen LogP contribution in [-0.2, 0) is 0 Å². The molecule has 3 heteroatoms. The Labute approximate surface area is 102 Å². The maximum Gasteiger partial charge on any atom is 0.0921 e. The van der Waals surface area contributed by atoms with Crippen molar-refractivity contribution in [3.8, 4) is 0 Å². The van der Waals surface area contributed by atoms with Crippen molar-refractivity contribution in [3.63, 3.8) is 0 Å². The molecular weight excluding hydrogens is 212 g/mol. The van der Waals surface area contributed by atoms with Crippen molar-refractivity contribution in [1.82, 2.24) is 10.3 Å². The molecule has 0 fully saturated rings. The number of benzene rings is 1. The van der Waals surface area contributed by atoms with Crippen LogP contribution in [0.4, 0.5) is 0 Å². The third kappa shape index (κ3) is 2.81. The molecule has 1 atom stereocenters. The first kappa shape index (κ1) is 12.0. The lowest BCUT2D eigenvalue weighted by atomic mass is 10.0. The Balaban J connectivity index is 2.28. The van der Waals surface area contributed by atoms with Crippen LogP contribution in [0.2, 0.25) is 0 Å². The van der Waals surface area contributed by atoms with E-state index in [1.807, 2.05) is 30.5 Å².